The molecule has 0 aromatic heterocycles. The summed E-state index contributed by atoms with van der Waals surface area (Å²) in [6.45, 7) is 2.98. The summed E-state index contributed by atoms with van der Waals surface area (Å²) in [5.74, 6) is 2.00. The minimum atomic E-state index is -0.881. The first-order valence-corrected chi connectivity index (χ1v) is 8.82. The molecule has 136 valence electrons. The van der Waals surface area contributed by atoms with Crippen LogP contribution in [-0.2, 0) is 20.9 Å². The van der Waals surface area contributed by atoms with E-state index in [-0.39, 0.29) is 18.1 Å². The molecular formula is C18H23BrN2O4. The predicted octanol–water partition coefficient (Wildman–Crippen LogP) is 2.52. The van der Waals surface area contributed by atoms with E-state index < -0.39 is 18.1 Å². The van der Waals surface area contributed by atoms with Gasteiger partial charge < -0.3 is 14.8 Å². The number of ether oxygens (including phenoxy) is 2. The highest BCUT2D eigenvalue weighted by molar-refractivity contribution is 9.09. The van der Waals surface area contributed by atoms with Gasteiger partial charge in [-0.05, 0) is 18.5 Å². The van der Waals surface area contributed by atoms with Crippen molar-refractivity contribution in [2.45, 2.75) is 30.9 Å². The summed E-state index contributed by atoms with van der Waals surface area (Å²) in [4.78, 5) is 25.5. The van der Waals surface area contributed by atoms with E-state index in [9.17, 15) is 9.59 Å². The molecule has 2 unspecified atom stereocenters. The Morgan fingerprint density at radius 2 is 2.04 bits per heavy atom. The molecule has 25 heavy (non-hydrogen) atoms. The van der Waals surface area contributed by atoms with Crippen LogP contribution in [-0.4, -0.2) is 48.2 Å². The van der Waals surface area contributed by atoms with Crippen molar-refractivity contribution in [3.63, 3.8) is 0 Å². The zero-order chi connectivity index (χ0) is 18.7. The van der Waals surface area contributed by atoms with E-state index in [1.165, 1.54) is 7.11 Å². The quantitative estimate of drug-likeness (QED) is 0.293. The van der Waals surface area contributed by atoms with Crippen LogP contribution in [0.5, 0.6) is 0 Å². The Morgan fingerprint density at radius 3 is 2.60 bits per heavy atom. The molecule has 0 bridgehead atoms. The predicted molar refractivity (Wildman–Crippen MR) is 99.0 cm³/mol. The maximum absolute atomic E-state index is 12.0. The fourth-order valence-electron chi connectivity index (χ4n) is 2.15. The molecule has 0 fully saturated rings. The van der Waals surface area contributed by atoms with Gasteiger partial charge >= 0.3 is 12.1 Å². The van der Waals surface area contributed by atoms with Gasteiger partial charge in [0, 0.05) is 6.54 Å². The van der Waals surface area contributed by atoms with E-state index in [0.29, 0.717) is 6.54 Å². The average molecular weight is 411 g/mol. The van der Waals surface area contributed by atoms with Crippen molar-refractivity contribution in [3.05, 3.63) is 35.9 Å². The zero-order valence-corrected chi connectivity index (χ0v) is 16.0. The summed E-state index contributed by atoms with van der Waals surface area (Å²) in [7, 11) is 1.27. The lowest BCUT2D eigenvalue weighted by Gasteiger charge is -2.27. The van der Waals surface area contributed by atoms with Gasteiger partial charge in [0.2, 0.25) is 0 Å². The lowest BCUT2D eigenvalue weighted by atomic mass is 10.2. The Hall–Kier alpha value is -2.04. The van der Waals surface area contributed by atoms with Crippen LogP contribution in [0.2, 0.25) is 0 Å². The number of amides is 1. The summed E-state index contributed by atoms with van der Waals surface area (Å²) in [6.07, 6.45) is 5.59. The summed E-state index contributed by atoms with van der Waals surface area (Å²) in [5, 5.41) is 2.54. The molecule has 1 N–H and O–H groups in total. The Labute approximate surface area is 157 Å². The summed E-state index contributed by atoms with van der Waals surface area (Å²) in [5.41, 5.74) is 0.854. The van der Waals surface area contributed by atoms with E-state index in [0.717, 1.165) is 12.0 Å². The van der Waals surface area contributed by atoms with Gasteiger partial charge in [-0.1, -0.05) is 59.1 Å². The molecule has 2 atom stereocenters. The second-order valence-corrected chi connectivity index (χ2v) is 6.15. The van der Waals surface area contributed by atoms with E-state index in [2.05, 4.69) is 27.2 Å². The molecule has 0 aliphatic carbocycles. The lowest BCUT2D eigenvalue weighted by Crippen LogP contribution is -2.50. The third-order valence-corrected chi connectivity index (χ3v) is 4.22. The second kappa shape index (κ2) is 11.5. The SMILES string of the molecule is C#CC(Br)N(CCC)CC(NC(=O)OCc1ccccc1)C(=O)OC. The highest BCUT2D eigenvalue weighted by atomic mass is 79.9. The molecule has 1 aromatic rings. The number of hydrogen-bond donors (Lipinski definition) is 1. The Balaban J connectivity index is 2.66. The Kier molecular flexibility index (Phi) is 9.66. The number of carbonyl (C=O) groups is 2. The molecule has 0 radical (unpaired) electrons. The monoisotopic (exact) mass is 410 g/mol. The van der Waals surface area contributed by atoms with Crippen LogP contribution in [0.4, 0.5) is 4.79 Å². The van der Waals surface area contributed by atoms with Crippen LogP contribution in [0.3, 0.4) is 0 Å². The maximum Gasteiger partial charge on any atom is 0.408 e. The lowest BCUT2D eigenvalue weighted by molar-refractivity contribution is -0.143. The van der Waals surface area contributed by atoms with Crippen LogP contribution in [0.25, 0.3) is 0 Å². The van der Waals surface area contributed by atoms with Crippen LogP contribution in [0.15, 0.2) is 30.3 Å². The Bertz CT molecular complexity index is 588. The number of methoxy groups -OCH3 is 1. The maximum atomic E-state index is 12.0. The summed E-state index contributed by atoms with van der Waals surface area (Å²) in [6, 6.07) is 8.39. The second-order valence-electron chi connectivity index (χ2n) is 5.28. The van der Waals surface area contributed by atoms with Gasteiger partial charge in [0.25, 0.3) is 0 Å². The van der Waals surface area contributed by atoms with E-state index >= 15 is 0 Å². The molecule has 0 saturated carbocycles. The average Bonchev–Trinajstić information content (AvgIpc) is 2.64. The number of benzene rings is 1. The first kappa shape index (κ1) is 21.0. The normalized spacial score (nSPS) is 12.8. The number of halogens is 1. The minimum absolute atomic E-state index is 0.116. The number of hydrogen-bond acceptors (Lipinski definition) is 5. The van der Waals surface area contributed by atoms with Crippen molar-refractivity contribution in [2.24, 2.45) is 0 Å². The van der Waals surface area contributed by atoms with Crippen LogP contribution in [0, 0.1) is 12.3 Å². The molecular weight excluding hydrogens is 388 g/mol. The van der Waals surface area contributed by atoms with Crippen molar-refractivity contribution < 1.29 is 19.1 Å². The molecule has 1 aromatic carbocycles. The molecule has 7 heteroatoms. The van der Waals surface area contributed by atoms with Gasteiger partial charge in [-0.3, -0.25) is 4.90 Å². The molecule has 0 heterocycles. The topological polar surface area (TPSA) is 67.9 Å². The fraction of sp³-hybridized carbons (Fsp3) is 0.444. The van der Waals surface area contributed by atoms with Gasteiger partial charge in [-0.15, -0.1) is 6.42 Å². The van der Waals surface area contributed by atoms with Gasteiger partial charge in [0.05, 0.1) is 7.11 Å². The Morgan fingerprint density at radius 1 is 1.36 bits per heavy atom. The third kappa shape index (κ3) is 7.59. The number of alkyl halides is 1. The first-order chi connectivity index (χ1) is 12.0. The molecule has 1 amide bonds. The van der Waals surface area contributed by atoms with Gasteiger partial charge in [-0.25, -0.2) is 9.59 Å². The fourth-order valence-corrected chi connectivity index (χ4v) is 2.52. The molecule has 0 saturated heterocycles. The molecule has 6 nitrogen and oxygen atoms in total. The molecule has 0 spiro atoms. The largest absolute Gasteiger partial charge is 0.467 e. The van der Waals surface area contributed by atoms with E-state index in [4.69, 9.17) is 15.9 Å². The van der Waals surface area contributed by atoms with Crippen molar-refractivity contribution >= 4 is 28.0 Å². The minimum Gasteiger partial charge on any atom is -0.467 e. The van der Waals surface area contributed by atoms with Gasteiger partial charge in [0.15, 0.2) is 0 Å². The van der Waals surface area contributed by atoms with E-state index in [1.807, 2.05) is 42.2 Å². The number of nitrogens with zero attached hydrogens (tertiary/aromatic N) is 1. The summed E-state index contributed by atoms with van der Waals surface area (Å²) >= 11 is 3.37. The van der Waals surface area contributed by atoms with Gasteiger partial charge in [-0.2, -0.15) is 0 Å². The standard InChI is InChI=1S/C18H23BrN2O4/c1-4-11-21(16(19)5-2)12-15(17(22)24-3)20-18(23)25-13-14-9-7-6-8-10-14/h2,6-10,15-16H,4,11-13H2,1,3H3,(H,20,23). The summed E-state index contributed by atoms with van der Waals surface area (Å²) < 4.78 is 9.92. The highest BCUT2D eigenvalue weighted by Crippen LogP contribution is 2.09. The number of carbonyl (C=O) groups excluding carboxylic acids is 2. The van der Waals surface area contributed by atoms with Crippen LogP contribution < -0.4 is 5.32 Å². The zero-order valence-electron chi connectivity index (χ0n) is 14.4. The third-order valence-electron chi connectivity index (χ3n) is 3.38. The van der Waals surface area contributed by atoms with Gasteiger partial charge in [0.1, 0.15) is 17.6 Å². The van der Waals surface area contributed by atoms with Crippen molar-refractivity contribution in [2.75, 3.05) is 20.2 Å². The smallest absolute Gasteiger partial charge is 0.408 e. The molecule has 1 rings (SSSR count). The number of alkyl carbamates (subject to hydrolysis) is 1. The number of nitrogens with one attached hydrogen (secondary N) is 1. The number of esters is 1. The van der Waals surface area contributed by atoms with Crippen molar-refractivity contribution in [3.8, 4) is 12.3 Å². The van der Waals surface area contributed by atoms with Crippen molar-refractivity contribution in [1.29, 1.82) is 0 Å². The van der Waals surface area contributed by atoms with Crippen molar-refractivity contribution in [1.82, 2.24) is 10.2 Å². The number of terminal acetylenes is 1. The molecule has 0 aliphatic rings. The molecule has 0 aliphatic heterocycles. The van der Waals surface area contributed by atoms with E-state index in [1.54, 1.807) is 0 Å². The van der Waals surface area contributed by atoms with Crippen LogP contribution in [0.1, 0.15) is 18.9 Å². The van der Waals surface area contributed by atoms with Crippen LogP contribution >= 0.6 is 15.9 Å². The first-order valence-electron chi connectivity index (χ1n) is 7.91. The number of rotatable bonds is 9. The highest BCUT2D eigenvalue weighted by Gasteiger charge is 2.27.